The van der Waals surface area contributed by atoms with E-state index < -0.39 is 6.10 Å². The Morgan fingerprint density at radius 2 is 2.17 bits per heavy atom. The van der Waals surface area contributed by atoms with Gasteiger partial charge < -0.3 is 14.2 Å². The monoisotopic (exact) mass is 313 g/mol. The summed E-state index contributed by atoms with van der Waals surface area (Å²) in [7, 11) is 0. The molecule has 2 aromatic rings. The number of hydrogen-bond donors (Lipinski definition) is 0. The van der Waals surface area contributed by atoms with E-state index in [1.807, 2.05) is 36.1 Å². The largest absolute Gasteiger partial charge is 0.480 e. The molecule has 3 atom stereocenters. The second-order valence-corrected chi connectivity index (χ2v) is 6.23. The summed E-state index contributed by atoms with van der Waals surface area (Å²) in [5.74, 6) is 1.99. The molecule has 4 rings (SSSR count). The highest BCUT2D eigenvalue weighted by Gasteiger charge is 2.43. The molecule has 1 amide bonds. The fourth-order valence-corrected chi connectivity index (χ4v) is 3.54. The number of aryl methyl sites for hydroxylation is 1. The number of benzene rings is 1. The highest BCUT2D eigenvalue weighted by atomic mass is 16.5. The van der Waals surface area contributed by atoms with E-state index in [0.717, 1.165) is 24.2 Å². The molecule has 0 saturated carbocycles. The number of aromatic nitrogens is 2. The number of likely N-dealkylation sites (tertiary alicyclic amines) is 1. The van der Waals surface area contributed by atoms with Crippen molar-refractivity contribution < 1.29 is 14.1 Å². The van der Waals surface area contributed by atoms with Gasteiger partial charge >= 0.3 is 0 Å². The molecule has 120 valence electrons. The standard InChI is InChI=1S/C17H19N3O3/c1-10-12-6-3-4-8-14(12)22-15(10)17(21)20-9-5-7-13(20)16-18-11(2)23-19-16/h3-4,6,8,10,13,15H,5,7,9H2,1-2H3/t10-,13-,15+/m0/s1. The van der Waals surface area contributed by atoms with Gasteiger partial charge in [-0.05, 0) is 18.9 Å². The maximum atomic E-state index is 13.0. The van der Waals surface area contributed by atoms with Crippen molar-refractivity contribution in [2.45, 2.75) is 44.8 Å². The molecular weight excluding hydrogens is 294 g/mol. The predicted octanol–water partition coefficient (Wildman–Crippen LogP) is 2.61. The number of ether oxygens (including phenoxy) is 1. The molecule has 2 aliphatic rings. The molecule has 1 saturated heterocycles. The normalized spacial score (nSPS) is 26.2. The molecule has 0 aliphatic carbocycles. The van der Waals surface area contributed by atoms with Crippen LogP contribution < -0.4 is 4.74 Å². The van der Waals surface area contributed by atoms with Crippen molar-refractivity contribution in [3.63, 3.8) is 0 Å². The lowest BCUT2D eigenvalue weighted by molar-refractivity contribution is -0.139. The minimum atomic E-state index is -0.471. The van der Waals surface area contributed by atoms with Crippen molar-refractivity contribution in [3.05, 3.63) is 41.5 Å². The lowest BCUT2D eigenvalue weighted by atomic mass is 9.96. The summed E-state index contributed by atoms with van der Waals surface area (Å²) >= 11 is 0. The van der Waals surface area contributed by atoms with Gasteiger partial charge in [-0.25, -0.2) is 0 Å². The second kappa shape index (κ2) is 5.37. The Morgan fingerprint density at radius 1 is 1.35 bits per heavy atom. The van der Waals surface area contributed by atoms with E-state index in [1.54, 1.807) is 6.92 Å². The maximum absolute atomic E-state index is 13.0. The third kappa shape index (κ3) is 2.29. The maximum Gasteiger partial charge on any atom is 0.264 e. The average Bonchev–Trinajstić information content (AvgIpc) is 3.26. The van der Waals surface area contributed by atoms with Crippen LogP contribution in [0.5, 0.6) is 5.75 Å². The lowest BCUT2D eigenvalue weighted by Crippen LogP contribution is -2.42. The zero-order chi connectivity index (χ0) is 16.0. The van der Waals surface area contributed by atoms with Crippen LogP contribution in [-0.4, -0.2) is 33.6 Å². The first kappa shape index (κ1) is 14.2. The molecule has 0 N–H and O–H groups in total. The van der Waals surface area contributed by atoms with E-state index in [4.69, 9.17) is 9.26 Å². The zero-order valence-electron chi connectivity index (χ0n) is 13.2. The molecule has 0 unspecified atom stereocenters. The predicted molar refractivity (Wildman–Crippen MR) is 82.0 cm³/mol. The van der Waals surface area contributed by atoms with Crippen LogP contribution in [0.15, 0.2) is 28.8 Å². The Kier molecular flexibility index (Phi) is 3.32. The summed E-state index contributed by atoms with van der Waals surface area (Å²) in [6.07, 6.45) is 1.33. The first-order chi connectivity index (χ1) is 11.1. The Balaban J connectivity index is 1.57. The number of hydrogen-bond acceptors (Lipinski definition) is 5. The van der Waals surface area contributed by atoms with Crippen LogP contribution in [0.4, 0.5) is 0 Å². The van der Waals surface area contributed by atoms with Gasteiger partial charge in [0.2, 0.25) is 5.89 Å². The van der Waals surface area contributed by atoms with Crippen molar-refractivity contribution in [3.8, 4) is 5.75 Å². The summed E-state index contributed by atoms with van der Waals surface area (Å²) in [5, 5.41) is 3.99. The summed E-state index contributed by atoms with van der Waals surface area (Å²) < 4.78 is 11.0. The van der Waals surface area contributed by atoms with Gasteiger partial charge in [0, 0.05) is 24.9 Å². The highest BCUT2D eigenvalue weighted by molar-refractivity contribution is 5.84. The molecule has 1 fully saturated rings. The number of amides is 1. The SMILES string of the molecule is Cc1nc([C@@H]2CCCN2C(=O)[C@@H]2Oc3ccccc3[C@@H]2C)no1. The molecular formula is C17H19N3O3. The summed E-state index contributed by atoms with van der Waals surface area (Å²) in [5.41, 5.74) is 1.09. The number of carbonyl (C=O) groups is 1. The number of nitrogens with zero attached hydrogens (tertiary/aromatic N) is 3. The number of fused-ring (bicyclic) bond motifs is 1. The van der Waals surface area contributed by atoms with Gasteiger partial charge in [0.15, 0.2) is 11.9 Å². The van der Waals surface area contributed by atoms with E-state index in [9.17, 15) is 4.79 Å². The Morgan fingerprint density at radius 3 is 2.91 bits per heavy atom. The molecule has 1 aromatic carbocycles. The Hall–Kier alpha value is -2.37. The van der Waals surface area contributed by atoms with Crippen LogP contribution >= 0.6 is 0 Å². The molecule has 1 aromatic heterocycles. The molecule has 6 heteroatoms. The van der Waals surface area contributed by atoms with E-state index in [-0.39, 0.29) is 17.9 Å². The number of rotatable bonds is 2. The molecule has 0 bridgehead atoms. The van der Waals surface area contributed by atoms with E-state index in [2.05, 4.69) is 10.1 Å². The van der Waals surface area contributed by atoms with Gasteiger partial charge in [0.25, 0.3) is 5.91 Å². The van der Waals surface area contributed by atoms with Crippen LogP contribution in [0.2, 0.25) is 0 Å². The summed E-state index contributed by atoms with van der Waals surface area (Å²) in [6.45, 7) is 4.51. The van der Waals surface area contributed by atoms with Crippen molar-refractivity contribution in [2.75, 3.05) is 6.54 Å². The molecule has 3 heterocycles. The minimum Gasteiger partial charge on any atom is -0.480 e. The van der Waals surface area contributed by atoms with Gasteiger partial charge in [-0.15, -0.1) is 0 Å². The van der Waals surface area contributed by atoms with Gasteiger partial charge in [-0.2, -0.15) is 4.98 Å². The third-order valence-electron chi connectivity index (χ3n) is 4.74. The van der Waals surface area contributed by atoms with Gasteiger partial charge in [0.1, 0.15) is 5.75 Å². The highest BCUT2D eigenvalue weighted by Crippen LogP contribution is 2.40. The Bertz CT molecular complexity index is 742. The fraction of sp³-hybridized carbons (Fsp3) is 0.471. The lowest BCUT2D eigenvalue weighted by Gasteiger charge is -2.26. The molecule has 6 nitrogen and oxygen atoms in total. The van der Waals surface area contributed by atoms with Crippen molar-refractivity contribution >= 4 is 5.91 Å². The van der Waals surface area contributed by atoms with Crippen LogP contribution in [0.3, 0.4) is 0 Å². The number of carbonyl (C=O) groups excluding carboxylic acids is 1. The summed E-state index contributed by atoms with van der Waals surface area (Å²) in [4.78, 5) is 19.2. The molecule has 0 radical (unpaired) electrons. The van der Waals surface area contributed by atoms with Gasteiger partial charge in [-0.1, -0.05) is 30.3 Å². The van der Waals surface area contributed by atoms with E-state index in [0.29, 0.717) is 18.3 Å². The topological polar surface area (TPSA) is 68.5 Å². The second-order valence-electron chi connectivity index (χ2n) is 6.23. The molecule has 0 spiro atoms. The molecule has 2 aliphatic heterocycles. The van der Waals surface area contributed by atoms with Crippen molar-refractivity contribution in [2.24, 2.45) is 0 Å². The zero-order valence-corrected chi connectivity index (χ0v) is 13.2. The number of para-hydroxylation sites is 1. The van der Waals surface area contributed by atoms with Crippen molar-refractivity contribution in [1.82, 2.24) is 15.0 Å². The summed E-state index contributed by atoms with van der Waals surface area (Å²) in [6, 6.07) is 7.74. The van der Waals surface area contributed by atoms with Crippen LogP contribution in [0, 0.1) is 6.92 Å². The van der Waals surface area contributed by atoms with Crippen LogP contribution in [-0.2, 0) is 4.79 Å². The van der Waals surface area contributed by atoms with Gasteiger partial charge in [-0.3, -0.25) is 4.79 Å². The average molecular weight is 313 g/mol. The van der Waals surface area contributed by atoms with E-state index >= 15 is 0 Å². The van der Waals surface area contributed by atoms with Crippen LogP contribution in [0.25, 0.3) is 0 Å². The molecule has 23 heavy (non-hydrogen) atoms. The quantitative estimate of drug-likeness (QED) is 0.852. The fourth-order valence-electron chi connectivity index (χ4n) is 3.54. The third-order valence-corrected chi connectivity index (χ3v) is 4.74. The smallest absolute Gasteiger partial charge is 0.264 e. The van der Waals surface area contributed by atoms with E-state index in [1.165, 1.54) is 0 Å². The van der Waals surface area contributed by atoms with Crippen molar-refractivity contribution in [1.29, 1.82) is 0 Å². The first-order valence-electron chi connectivity index (χ1n) is 8.01. The Labute approximate surface area is 134 Å². The minimum absolute atomic E-state index is 0.0126. The first-order valence-corrected chi connectivity index (χ1v) is 8.01. The van der Waals surface area contributed by atoms with Gasteiger partial charge in [0.05, 0.1) is 6.04 Å². The van der Waals surface area contributed by atoms with Crippen LogP contribution in [0.1, 0.15) is 49.0 Å².